The Hall–Kier alpha value is -0.870. The van der Waals surface area contributed by atoms with Crippen LogP contribution >= 0.6 is 11.3 Å². The molecule has 1 amide bonds. The molecule has 2 saturated heterocycles. The van der Waals surface area contributed by atoms with Gasteiger partial charge in [0.25, 0.3) is 0 Å². The summed E-state index contributed by atoms with van der Waals surface area (Å²) in [5, 5.41) is 5.76. The number of piperidine rings is 1. The van der Waals surface area contributed by atoms with Gasteiger partial charge in [0.1, 0.15) is 0 Å². The fourth-order valence-electron chi connectivity index (χ4n) is 3.84. The summed E-state index contributed by atoms with van der Waals surface area (Å²) in [7, 11) is 1.97. The standard InChI is InChI=1S/C17H26N2OS/c1-12(8-16-4-3-7-21-16)19(2)17(20)11-13-9-14-5-6-15(10-13)18-14/h3-4,7,12-15,18H,5-6,8-11H2,1-2H3. The van der Waals surface area contributed by atoms with Crippen molar-refractivity contribution in [2.75, 3.05) is 7.05 Å². The van der Waals surface area contributed by atoms with Gasteiger partial charge in [-0.25, -0.2) is 0 Å². The van der Waals surface area contributed by atoms with Gasteiger partial charge in [-0.1, -0.05) is 6.07 Å². The maximum Gasteiger partial charge on any atom is 0.222 e. The molecular weight excluding hydrogens is 280 g/mol. The highest BCUT2D eigenvalue weighted by molar-refractivity contribution is 7.09. The molecule has 116 valence electrons. The third-order valence-electron chi connectivity index (χ3n) is 5.17. The van der Waals surface area contributed by atoms with Crippen LogP contribution in [0.5, 0.6) is 0 Å². The Morgan fingerprint density at radius 3 is 2.76 bits per heavy atom. The van der Waals surface area contributed by atoms with Crippen molar-refractivity contribution < 1.29 is 4.79 Å². The Balaban J connectivity index is 1.50. The molecule has 3 rings (SSSR count). The van der Waals surface area contributed by atoms with E-state index in [1.165, 1.54) is 30.6 Å². The van der Waals surface area contributed by atoms with Crippen LogP contribution in [0.15, 0.2) is 17.5 Å². The van der Waals surface area contributed by atoms with Crippen LogP contribution in [0.4, 0.5) is 0 Å². The lowest BCUT2D eigenvalue weighted by Crippen LogP contribution is -2.41. The molecule has 1 N–H and O–H groups in total. The summed E-state index contributed by atoms with van der Waals surface area (Å²) in [4.78, 5) is 15.8. The highest BCUT2D eigenvalue weighted by Gasteiger charge is 2.34. The molecule has 3 atom stereocenters. The molecule has 3 heterocycles. The Labute approximate surface area is 131 Å². The third kappa shape index (κ3) is 3.67. The average Bonchev–Trinajstić information content (AvgIpc) is 3.07. The minimum Gasteiger partial charge on any atom is -0.343 e. The van der Waals surface area contributed by atoms with Crippen LogP contribution in [0.1, 0.15) is 43.9 Å². The van der Waals surface area contributed by atoms with Gasteiger partial charge in [-0.2, -0.15) is 0 Å². The van der Waals surface area contributed by atoms with Crippen molar-refractivity contribution in [2.24, 2.45) is 5.92 Å². The maximum absolute atomic E-state index is 12.5. The molecule has 2 aliphatic rings. The van der Waals surface area contributed by atoms with Crippen molar-refractivity contribution in [1.29, 1.82) is 0 Å². The Morgan fingerprint density at radius 2 is 2.14 bits per heavy atom. The van der Waals surface area contributed by atoms with E-state index in [1.807, 2.05) is 11.9 Å². The summed E-state index contributed by atoms with van der Waals surface area (Å²) >= 11 is 1.78. The number of hydrogen-bond acceptors (Lipinski definition) is 3. The van der Waals surface area contributed by atoms with E-state index in [0.717, 1.165) is 12.8 Å². The molecule has 0 spiro atoms. The molecule has 0 saturated carbocycles. The van der Waals surface area contributed by atoms with Crippen LogP contribution in [0.25, 0.3) is 0 Å². The van der Waals surface area contributed by atoms with Crippen molar-refractivity contribution in [3.05, 3.63) is 22.4 Å². The van der Waals surface area contributed by atoms with E-state index in [0.29, 0.717) is 23.9 Å². The van der Waals surface area contributed by atoms with Crippen LogP contribution in [-0.2, 0) is 11.2 Å². The molecule has 0 radical (unpaired) electrons. The molecule has 3 unspecified atom stereocenters. The summed E-state index contributed by atoms with van der Waals surface area (Å²) in [6.07, 6.45) is 6.70. The van der Waals surface area contributed by atoms with Gasteiger partial charge in [0, 0.05) is 42.9 Å². The zero-order valence-corrected chi connectivity index (χ0v) is 13.9. The first kappa shape index (κ1) is 15.0. The van der Waals surface area contributed by atoms with E-state index < -0.39 is 0 Å². The number of carbonyl (C=O) groups is 1. The molecule has 1 aromatic heterocycles. The number of thiophene rings is 1. The normalized spacial score (nSPS) is 29.3. The van der Waals surface area contributed by atoms with E-state index in [4.69, 9.17) is 0 Å². The Kier molecular flexibility index (Phi) is 4.65. The highest BCUT2D eigenvalue weighted by Crippen LogP contribution is 2.33. The lowest BCUT2D eigenvalue weighted by atomic mass is 9.89. The highest BCUT2D eigenvalue weighted by atomic mass is 32.1. The van der Waals surface area contributed by atoms with Gasteiger partial charge in [0.15, 0.2) is 0 Å². The first-order valence-electron chi connectivity index (χ1n) is 8.16. The topological polar surface area (TPSA) is 32.3 Å². The zero-order valence-electron chi connectivity index (χ0n) is 13.0. The zero-order chi connectivity index (χ0) is 14.8. The number of nitrogens with zero attached hydrogens (tertiary/aromatic N) is 1. The summed E-state index contributed by atoms with van der Waals surface area (Å²) in [6.45, 7) is 2.16. The minimum absolute atomic E-state index is 0.287. The van der Waals surface area contributed by atoms with E-state index in [-0.39, 0.29) is 6.04 Å². The van der Waals surface area contributed by atoms with Gasteiger partial charge in [-0.15, -0.1) is 11.3 Å². The number of rotatable bonds is 5. The molecule has 2 fully saturated rings. The molecular formula is C17H26N2OS. The van der Waals surface area contributed by atoms with Crippen LogP contribution in [0.3, 0.4) is 0 Å². The molecule has 0 aliphatic carbocycles. The molecule has 3 nitrogen and oxygen atoms in total. The number of hydrogen-bond donors (Lipinski definition) is 1. The summed E-state index contributed by atoms with van der Waals surface area (Å²) in [5.74, 6) is 0.915. The second-order valence-electron chi connectivity index (χ2n) is 6.82. The van der Waals surface area contributed by atoms with Crippen LogP contribution in [0.2, 0.25) is 0 Å². The molecule has 2 aliphatic heterocycles. The second kappa shape index (κ2) is 6.49. The van der Waals surface area contributed by atoms with Gasteiger partial charge in [-0.3, -0.25) is 4.79 Å². The first-order valence-corrected chi connectivity index (χ1v) is 9.04. The smallest absolute Gasteiger partial charge is 0.222 e. The van der Waals surface area contributed by atoms with Gasteiger partial charge >= 0.3 is 0 Å². The van der Waals surface area contributed by atoms with Crippen molar-refractivity contribution in [2.45, 2.75) is 63.6 Å². The summed E-state index contributed by atoms with van der Waals surface area (Å²) in [6, 6.07) is 5.88. The molecule has 21 heavy (non-hydrogen) atoms. The largest absolute Gasteiger partial charge is 0.343 e. The quantitative estimate of drug-likeness (QED) is 0.907. The predicted molar refractivity (Wildman–Crippen MR) is 87.5 cm³/mol. The van der Waals surface area contributed by atoms with Crippen molar-refractivity contribution in [1.82, 2.24) is 10.2 Å². The monoisotopic (exact) mass is 306 g/mol. The van der Waals surface area contributed by atoms with Gasteiger partial charge < -0.3 is 10.2 Å². The van der Waals surface area contributed by atoms with Crippen molar-refractivity contribution in [3.63, 3.8) is 0 Å². The SMILES string of the molecule is CC(Cc1cccs1)N(C)C(=O)CC1CC2CCC(C1)N2. The van der Waals surface area contributed by atoms with Crippen LogP contribution in [0, 0.1) is 5.92 Å². The second-order valence-corrected chi connectivity index (χ2v) is 7.85. The van der Waals surface area contributed by atoms with E-state index >= 15 is 0 Å². The summed E-state index contributed by atoms with van der Waals surface area (Å²) in [5.41, 5.74) is 0. The number of carbonyl (C=O) groups excluding carboxylic acids is 1. The van der Waals surface area contributed by atoms with E-state index in [9.17, 15) is 4.79 Å². The van der Waals surface area contributed by atoms with E-state index in [2.05, 4.69) is 29.8 Å². The van der Waals surface area contributed by atoms with Gasteiger partial charge in [-0.05, 0) is 50.0 Å². The van der Waals surface area contributed by atoms with Crippen molar-refractivity contribution in [3.8, 4) is 0 Å². The Bertz CT molecular complexity index is 461. The fraction of sp³-hybridized carbons (Fsp3) is 0.706. The molecule has 1 aromatic rings. The molecule has 0 aromatic carbocycles. The maximum atomic E-state index is 12.5. The Morgan fingerprint density at radius 1 is 1.43 bits per heavy atom. The van der Waals surface area contributed by atoms with Crippen molar-refractivity contribution >= 4 is 17.2 Å². The predicted octanol–water partition coefficient (Wildman–Crippen LogP) is 3.06. The lowest BCUT2D eigenvalue weighted by molar-refractivity contribution is -0.132. The minimum atomic E-state index is 0.287. The lowest BCUT2D eigenvalue weighted by Gasteiger charge is -2.31. The average molecular weight is 306 g/mol. The number of fused-ring (bicyclic) bond motifs is 2. The number of likely N-dealkylation sites (N-methyl/N-ethyl adjacent to an activating group) is 1. The third-order valence-corrected chi connectivity index (χ3v) is 6.06. The molecule has 4 heteroatoms. The van der Waals surface area contributed by atoms with Crippen LogP contribution < -0.4 is 5.32 Å². The first-order chi connectivity index (χ1) is 10.1. The fourth-order valence-corrected chi connectivity index (χ4v) is 4.66. The number of nitrogens with one attached hydrogen (secondary N) is 1. The summed E-state index contributed by atoms with van der Waals surface area (Å²) < 4.78 is 0. The number of amides is 1. The van der Waals surface area contributed by atoms with Crippen LogP contribution in [-0.4, -0.2) is 36.0 Å². The molecule has 2 bridgehead atoms. The van der Waals surface area contributed by atoms with E-state index in [1.54, 1.807) is 11.3 Å². The van der Waals surface area contributed by atoms with Gasteiger partial charge in [0.05, 0.1) is 0 Å². The van der Waals surface area contributed by atoms with Gasteiger partial charge in [0.2, 0.25) is 5.91 Å².